The first-order valence-electron chi connectivity index (χ1n) is 9.00. The maximum atomic E-state index is 12.5. The lowest BCUT2D eigenvalue weighted by Crippen LogP contribution is -2.34. The Balaban J connectivity index is 1.38. The van der Waals surface area contributed by atoms with Crippen LogP contribution >= 0.6 is 11.3 Å². The number of nitrogens with one attached hydrogen (secondary N) is 1. The molecule has 1 aliphatic carbocycles. The van der Waals surface area contributed by atoms with Gasteiger partial charge in [0.1, 0.15) is 0 Å². The summed E-state index contributed by atoms with van der Waals surface area (Å²) < 4.78 is 0. The number of carbonyl (C=O) groups is 2. The van der Waals surface area contributed by atoms with Crippen molar-refractivity contribution in [3.63, 3.8) is 0 Å². The van der Waals surface area contributed by atoms with Crippen LogP contribution in [-0.4, -0.2) is 28.2 Å². The van der Waals surface area contributed by atoms with Crippen molar-refractivity contribution < 1.29 is 9.59 Å². The standard InChI is InChI=1S/C20H21N3O2S/c24-18(10-9-14-5-2-1-3-6-14)23-12-11-16-17(13-23)26-20(21-16)22-19(25)15-7-4-8-15/h1-3,5-6,9-10,15H,4,7-8,11-13H2,(H,21,22,25)/b10-9+. The zero-order valence-corrected chi connectivity index (χ0v) is 15.3. The summed E-state index contributed by atoms with van der Waals surface area (Å²) in [6, 6.07) is 9.80. The van der Waals surface area contributed by atoms with E-state index in [0.717, 1.165) is 41.8 Å². The average molecular weight is 367 g/mol. The van der Waals surface area contributed by atoms with E-state index in [0.29, 0.717) is 18.2 Å². The van der Waals surface area contributed by atoms with E-state index in [1.165, 1.54) is 11.3 Å². The molecule has 0 saturated heterocycles. The van der Waals surface area contributed by atoms with Gasteiger partial charge in [-0.3, -0.25) is 9.59 Å². The predicted molar refractivity (Wildman–Crippen MR) is 103 cm³/mol. The van der Waals surface area contributed by atoms with E-state index in [2.05, 4.69) is 10.3 Å². The predicted octanol–water partition coefficient (Wildman–Crippen LogP) is 3.48. The largest absolute Gasteiger partial charge is 0.334 e. The normalized spacial score (nSPS) is 17.0. The van der Waals surface area contributed by atoms with Crippen molar-refractivity contribution in [1.29, 1.82) is 0 Å². The summed E-state index contributed by atoms with van der Waals surface area (Å²) >= 11 is 1.49. The summed E-state index contributed by atoms with van der Waals surface area (Å²) in [4.78, 5) is 32.0. The maximum Gasteiger partial charge on any atom is 0.246 e. The third kappa shape index (κ3) is 3.70. The lowest BCUT2D eigenvalue weighted by atomic mass is 9.85. The summed E-state index contributed by atoms with van der Waals surface area (Å²) in [6.07, 6.45) is 7.30. The molecule has 0 spiro atoms. The zero-order chi connectivity index (χ0) is 17.9. The lowest BCUT2D eigenvalue weighted by molar-refractivity contribution is -0.126. The Morgan fingerprint density at radius 3 is 2.77 bits per heavy atom. The molecule has 2 aromatic rings. The zero-order valence-electron chi connectivity index (χ0n) is 14.5. The summed E-state index contributed by atoms with van der Waals surface area (Å²) in [5, 5.41) is 3.61. The molecule has 0 atom stereocenters. The van der Waals surface area contributed by atoms with Gasteiger partial charge in [-0.1, -0.05) is 48.1 Å². The quantitative estimate of drug-likeness (QED) is 0.842. The minimum Gasteiger partial charge on any atom is -0.334 e. The third-order valence-corrected chi connectivity index (χ3v) is 5.96. The van der Waals surface area contributed by atoms with Gasteiger partial charge in [0, 0.05) is 29.8 Å². The molecule has 0 bridgehead atoms. The van der Waals surface area contributed by atoms with Crippen LogP contribution in [-0.2, 0) is 22.6 Å². The molecular weight excluding hydrogens is 346 g/mol. The fourth-order valence-corrected chi connectivity index (χ4v) is 4.18. The van der Waals surface area contributed by atoms with Crippen LogP contribution in [0.1, 0.15) is 35.4 Å². The van der Waals surface area contributed by atoms with Crippen LogP contribution in [0.2, 0.25) is 0 Å². The second kappa shape index (κ2) is 7.41. The van der Waals surface area contributed by atoms with Gasteiger partial charge >= 0.3 is 0 Å². The number of nitrogens with zero attached hydrogens (tertiary/aromatic N) is 2. The highest BCUT2D eigenvalue weighted by atomic mass is 32.1. The molecule has 1 N–H and O–H groups in total. The molecule has 1 aromatic heterocycles. The fraction of sp³-hybridized carbons (Fsp3) is 0.350. The average Bonchev–Trinajstić information content (AvgIpc) is 3.00. The minimum absolute atomic E-state index is 0.00737. The number of benzene rings is 1. The van der Waals surface area contributed by atoms with Crippen LogP contribution in [0.5, 0.6) is 0 Å². The molecule has 5 nitrogen and oxygen atoms in total. The monoisotopic (exact) mass is 367 g/mol. The van der Waals surface area contributed by atoms with Crippen molar-refractivity contribution in [3.05, 3.63) is 52.5 Å². The summed E-state index contributed by atoms with van der Waals surface area (Å²) in [6.45, 7) is 1.22. The van der Waals surface area contributed by atoms with Crippen LogP contribution in [0.4, 0.5) is 5.13 Å². The number of hydrogen-bond donors (Lipinski definition) is 1. The topological polar surface area (TPSA) is 62.3 Å². The van der Waals surface area contributed by atoms with Gasteiger partial charge < -0.3 is 10.2 Å². The summed E-state index contributed by atoms with van der Waals surface area (Å²) in [5.41, 5.74) is 2.02. The molecule has 1 fully saturated rings. The molecule has 1 aromatic carbocycles. The number of fused-ring (bicyclic) bond motifs is 1. The Morgan fingerprint density at radius 1 is 1.23 bits per heavy atom. The van der Waals surface area contributed by atoms with Crippen LogP contribution in [0.15, 0.2) is 36.4 Å². The molecule has 2 aliphatic rings. The van der Waals surface area contributed by atoms with Gasteiger partial charge in [-0.25, -0.2) is 4.98 Å². The number of carbonyl (C=O) groups excluding carboxylic acids is 2. The molecule has 6 heteroatoms. The Kier molecular flexibility index (Phi) is 4.84. The highest BCUT2D eigenvalue weighted by Crippen LogP contribution is 2.31. The third-order valence-electron chi connectivity index (χ3n) is 4.97. The van der Waals surface area contributed by atoms with Gasteiger partial charge in [0.15, 0.2) is 5.13 Å². The first-order chi connectivity index (χ1) is 12.7. The van der Waals surface area contributed by atoms with Gasteiger partial charge in [-0.05, 0) is 24.5 Å². The molecule has 2 heterocycles. The van der Waals surface area contributed by atoms with Gasteiger partial charge in [-0.15, -0.1) is 0 Å². The maximum absolute atomic E-state index is 12.5. The molecule has 26 heavy (non-hydrogen) atoms. The Morgan fingerprint density at radius 2 is 2.04 bits per heavy atom. The van der Waals surface area contributed by atoms with Crippen LogP contribution < -0.4 is 5.32 Å². The van der Waals surface area contributed by atoms with E-state index in [-0.39, 0.29) is 17.7 Å². The second-order valence-corrected chi connectivity index (χ2v) is 7.84. The molecule has 0 unspecified atom stereocenters. The van der Waals surface area contributed by atoms with Crippen molar-refractivity contribution in [2.45, 2.75) is 32.2 Å². The first-order valence-corrected chi connectivity index (χ1v) is 9.82. The van der Waals surface area contributed by atoms with Crippen molar-refractivity contribution in [2.75, 3.05) is 11.9 Å². The van der Waals surface area contributed by atoms with E-state index < -0.39 is 0 Å². The minimum atomic E-state index is 0.00737. The van der Waals surface area contributed by atoms with Crippen molar-refractivity contribution in [1.82, 2.24) is 9.88 Å². The Hall–Kier alpha value is -2.47. The molecule has 1 saturated carbocycles. The smallest absolute Gasteiger partial charge is 0.246 e. The van der Waals surface area contributed by atoms with E-state index >= 15 is 0 Å². The van der Waals surface area contributed by atoms with Crippen LogP contribution in [0.3, 0.4) is 0 Å². The highest BCUT2D eigenvalue weighted by molar-refractivity contribution is 7.15. The van der Waals surface area contributed by atoms with Gasteiger partial charge in [-0.2, -0.15) is 0 Å². The second-order valence-electron chi connectivity index (χ2n) is 6.76. The van der Waals surface area contributed by atoms with Gasteiger partial charge in [0.2, 0.25) is 11.8 Å². The molecule has 134 valence electrons. The number of thiazole rings is 1. The first kappa shape index (κ1) is 17.0. The molecular formula is C20H21N3O2S. The van der Waals surface area contributed by atoms with Crippen LogP contribution in [0, 0.1) is 5.92 Å². The van der Waals surface area contributed by atoms with Crippen molar-refractivity contribution >= 4 is 34.4 Å². The van der Waals surface area contributed by atoms with E-state index in [9.17, 15) is 9.59 Å². The number of hydrogen-bond acceptors (Lipinski definition) is 4. The summed E-state index contributed by atoms with van der Waals surface area (Å²) in [5.74, 6) is 0.242. The Labute approximate surface area is 156 Å². The van der Waals surface area contributed by atoms with Crippen molar-refractivity contribution in [2.24, 2.45) is 5.92 Å². The van der Waals surface area contributed by atoms with Crippen molar-refractivity contribution in [3.8, 4) is 0 Å². The van der Waals surface area contributed by atoms with E-state index in [1.807, 2.05) is 41.3 Å². The highest BCUT2D eigenvalue weighted by Gasteiger charge is 2.27. The number of rotatable bonds is 4. The van der Waals surface area contributed by atoms with Gasteiger partial charge in [0.25, 0.3) is 0 Å². The van der Waals surface area contributed by atoms with E-state index in [4.69, 9.17) is 0 Å². The number of amides is 2. The summed E-state index contributed by atoms with van der Waals surface area (Å²) in [7, 11) is 0. The SMILES string of the molecule is O=C(Nc1nc2c(s1)CN(C(=O)/C=C/c1ccccc1)CC2)C1CCC1. The number of aromatic nitrogens is 1. The lowest BCUT2D eigenvalue weighted by Gasteiger charge is -2.24. The molecule has 2 amide bonds. The molecule has 1 aliphatic heterocycles. The fourth-order valence-electron chi connectivity index (χ4n) is 3.15. The molecule has 4 rings (SSSR count). The molecule has 0 radical (unpaired) electrons. The van der Waals surface area contributed by atoms with E-state index in [1.54, 1.807) is 6.08 Å². The van der Waals surface area contributed by atoms with Crippen LogP contribution in [0.25, 0.3) is 6.08 Å². The van der Waals surface area contributed by atoms with Gasteiger partial charge in [0.05, 0.1) is 12.2 Å². The number of anilines is 1. The Bertz CT molecular complexity index is 840.